The second kappa shape index (κ2) is 12.6. The maximum Gasteiger partial charge on any atom is 0.329 e. The molecule has 6 heteroatoms. The van der Waals surface area contributed by atoms with E-state index in [2.05, 4.69) is 27.7 Å². The van der Waals surface area contributed by atoms with Crippen LogP contribution in [0.4, 0.5) is 0 Å². The van der Waals surface area contributed by atoms with Crippen LogP contribution in [0.15, 0.2) is 0 Å². The van der Waals surface area contributed by atoms with Gasteiger partial charge in [-0.25, -0.2) is 0 Å². The maximum atomic E-state index is 11.6. The molecule has 0 aliphatic carbocycles. The molecule has 0 bridgehead atoms. The third-order valence-corrected chi connectivity index (χ3v) is 8.09. The molecule has 0 saturated heterocycles. The molecule has 0 radical (unpaired) electrons. The Labute approximate surface area is 201 Å². The van der Waals surface area contributed by atoms with Crippen molar-refractivity contribution in [2.75, 3.05) is 6.16 Å². The van der Waals surface area contributed by atoms with Crippen molar-refractivity contribution in [2.45, 2.75) is 130 Å². The first-order chi connectivity index (χ1) is 15.5. The summed E-state index contributed by atoms with van der Waals surface area (Å²) in [5.41, 5.74) is 4.21. The smallest absolute Gasteiger partial charge is 0.329 e. The summed E-state index contributed by atoms with van der Waals surface area (Å²) in [7, 11) is -4.14. The number of ether oxygens (including phenoxy) is 2. The summed E-state index contributed by atoms with van der Waals surface area (Å²) in [6.07, 6.45) is 12.8. The summed E-state index contributed by atoms with van der Waals surface area (Å²) in [5, 5.41) is 0. The number of benzene rings is 1. The van der Waals surface area contributed by atoms with Crippen molar-refractivity contribution >= 4 is 7.60 Å². The molecular formula is C27H47O5P. The quantitative estimate of drug-likeness (QED) is 0.211. The predicted molar refractivity (Wildman–Crippen MR) is 137 cm³/mol. The second-order valence-electron chi connectivity index (χ2n) is 10.3. The summed E-state index contributed by atoms with van der Waals surface area (Å²) >= 11 is 0. The number of unbranched alkanes of at least 4 members (excludes halogenated alkanes) is 6. The van der Waals surface area contributed by atoms with Gasteiger partial charge in [0.05, 0.1) is 6.16 Å². The minimum atomic E-state index is -4.14. The van der Waals surface area contributed by atoms with Crippen LogP contribution in [0.3, 0.4) is 0 Å². The molecule has 1 aliphatic heterocycles. The molecule has 1 heterocycles. The summed E-state index contributed by atoms with van der Waals surface area (Å²) in [4.78, 5) is 19.0. The molecule has 0 fully saturated rings. The van der Waals surface area contributed by atoms with E-state index in [0.717, 1.165) is 53.9 Å². The van der Waals surface area contributed by atoms with Gasteiger partial charge in [0.1, 0.15) is 23.2 Å². The van der Waals surface area contributed by atoms with Gasteiger partial charge in [0.25, 0.3) is 0 Å². The Bertz CT molecular complexity index is 815. The van der Waals surface area contributed by atoms with Crippen LogP contribution >= 0.6 is 7.60 Å². The molecule has 0 aromatic heterocycles. The summed E-state index contributed by atoms with van der Waals surface area (Å²) in [6.45, 7) is 12.7. The standard InChI is InChI=1S/C27H47O5P/c1-7-9-10-11-12-13-14-17-27(6)18-16-24-22(5)25(20(3)21(4)26(24)32-27)31-23(15-8-2)19-33(28,29)30/h23H,7-19H2,1-6H3,(H2,28,29,30). The lowest BCUT2D eigenvalue weighted by Crippen LogP contribution is -2.37. The van der Waals surface area contributed by atoms with Gasteiger partial charge in [0.15, 0.2) is 0 Å². The molecule has 2 atom stereocenters. The molecule has 190 valence electrons. The Morgan fingerprint density at radius 1 is 0.970 bits per heavy atom. The van der Waals surface area contributed by atoms with Crippen LogP contribution in [0, 0.1) is 20.8 Å². The van der Waals surface area contributed by atoms with Crippen LogP contribution in [-0.4, -0.2) is 27.7 Å². The fourth-order valence-corrected chi connectivity index (χ4v) is 5.82. The van der Waals surface area contributed by atoms with E-state index in [9.17, 15) is 14.4 Å². The van der Waals surface area contributed by atoms with Gasteiger partial charge in [0.2, 0.25) is 0 Å². The molecule has 2 unspecified atom stereocenters. The number of hydrogen-bond acceptors (Lipinski definition) is 3. The fraction of sp³-hybridized carbons (Fsp3) is 0.778. The van der Waals surface area contributed by atoms with E-state index in [4.69, 9.17) is 9.47 Å². The third kappa shape index (κ3) is 8.30. The summed E-state index contributed by atoms with van der Waals surface area (Å²) in [6, 6.07) is 0. The van der Waals surface area contributed by atoms with Crippen molar-refractivity contribution in [3.8, 4) is 11.5 Å². The van der Waals surface area contributed by atoms with Crippen molar-refractivity contribution in [1.29, 1.82) is 0 Å². The zero-order chi connectivity index (χ0) is 24.6. The molecule has 2 rings (SSSR count). The van der Waals surface area contributed by atoms with Gasteiger partial charge < -0.3 is 19.3 Å². The Hall–Kier alpha value is -1.03. The summed E-state index contributed by atoms with van der Waals surface area (Å²) in [5.74, 6) is 1.77. The van der Waals surface area contributed by atoms with Crippen LogP contribution < -0.4 is 9.47 Å². The van der Waals surface area contributed by atoms with Gasteiger partial charge in [-0.1, -0.05) is 58.8 Å². The molecule has 33 heavy (non-hydrogen) atoms. The van der Waals surface area contributed by atoms with Crippen LogP contribution in [0.2, 0.25) is 0 Å². The Morgan fingerprint density at radius 2 is 1.61 bits per heavy atom. The molecule has 1 aliphatic rings. The van der Waals surface area contributed by atoms with Gasteiger partial charge in [-0.2, -0.15) is 0 Å². The molecule has 2 N–H and O–H groups in total. The highest BCUT2D eigenvalue weighted by molar-refractivity contribution is 7.51. The first kappa shape index (κ1) is 28.2. The fourth-order valence-electron chi connectivity index (χ4n) is 5.03. The van der Waals surface area contributed by atoms with E-state index in [1.54, 1.807) is 0 Å². The highest BCUT2D eigenvalue weighted by Gasteiger charge is 2.35. The topological polar surface area (TPSA) is 76.0 Å². The van der Waals surface area contributed by atoms with Gasteiger partial charge in [-0.15, -0.1) is 0 Å². The Morgan fingerprint density at radius 3 is 2.21 bits per heavy atom. The maximum absolute atomic E-state index is 11.6. The minimum Gasteiger partial charge on any atom is -0.489 e. The molecule has 1 aromatic carbocycles. The highest BCUT2D eigenvalue weighted by atomic mass is 31.2. The second-order valence-corrected chi connectivity index (χ2v) is 12.0. The van der Waals surface area contributed by atoms with Crippen molar-refractivity contribution in [1.82, 2.24) is 0 Å². The average molecular weight is 483 g/mol. The summed E-state index contributed by atoms with van der Waals surface area (Å²) < 4.78 is 24.5. The third-order valence-electron chi connectivity index (χ3n) is 7.21. The first-order valence-corrected chi connectivity index (χ1v) is 14.8. The average Bonchev–Trinajstić information content (AvgIpc) is 2.73. The zero-order valence-corrected chi connectivity index (χ0v) is 22.7. The van der Waals surface area contributed by atoms with E-state index in [0.29, 0.717) is 6.42 Å². The van der Waals surface area contributed by atoms with Gasteiger partial charge >= 0.3 is 7.60 Å². The van der Waals surface area contributed by atoms with E-state index < -0.39 is 13.7 Å². The SMILES string of the molecule is CCCCCCCCCC1(C)CCc2c(C)c(OC(CCC)CP(=O)(O)O)c(C)c(C)c2O1. The van der Waals surface area contributed by atoms with Crippen molar-refractivity contribution in [3.05, 3.63) is 22.3 Å². The minimum absolute atomic E-state index is 0.131. The highest BCUT2D eigenvalue weighted by Crippen LogP contribution is 2.46. The van der Waals surface area contributed by atoms with Gasteiger partial charge in [0, 0.05) is 5.56 Å². The largest absolute Gasteiger partial charge is 0.489 e. The lowest BCUT2D eigenvalue weighted by Gasteiger charge is -2.38. The van der Waals surface area contributed by atoms with E-state index >= 15 is 0 Å². The van der Waals surface area contributed by atoms with Crippen molar-refractivity contribution in [3.63, 3.8) is 0 Å². The van der Waals surface area contributed by atoms with Crippen LogP contribution in [-0.2, 0) is 11.0 Å². The van der Waals surface area contributed by atoms with Gasteiger partial charge in [-0.3, -0.25) is 4.57 Å². The Balaban J connectivity index is 2.12. The van der Waals surface area contributed by atoms with E-state index in [-0.39, 0.29) is 11.8 Å². The zero-order valence-electron chi connectivity index (χ0n) is 21.8. The van der Waals surface area contributed by atoms with Crippen molar-refractivity contribution < 1.29 is 23.8 Å². The molecular weight excluding hydrogens is 435 g/mol. The predicted octanol–water partition coefficient (Wildman–Crippen LogP) is 7.56. The van der Waals surface area contributed by atoms with Crippen molar-refractivity contribution in [2.24, 2.45) is 0 Å². The number of fused-ring (bicyclic) bond motifs is 1. The number of rotatable bonds is 14. The first-order valence-electron chi connectivity index (χ1n) is 13.0. The van der Waals surface area contributed by atoms with Gasteiger partial charge in [-0.05, 0) is 76.5 Å². The lowest BCUT2D eigenvalue weighted by atomic mass is 9.84. The van der Waals surface area contributed by atoms with E-state index in [1.807, 2.05) is 13.8 Å². The Kier molecular flexibility index (Phi) is 10.8. The van der Waals surface area contributed by atoms with Crippen LogP contribution in [0.5, 0.6) is 11.5 Å². The molecule has 0 amide bonds. The normalized spacial score (nSPS) is 19.2. The monoisotopic (exact) mass is 482 g/mol. The molecule has 5 nitrogen and oxygen atoms in total. The van der Waals surface area contributed by atoms with E-state index in [1.165, 1.54) is 50.5 Å². The molecule has 0 spiro atoms. The van der Waals surface area contributed by atoms with Crippen LogP contribution in [0.1, 0.15) is 114 Å². The molecule has 1 aromatic rings. The van der Waals surface area contributed by atoms with Crippen LogP contribution in [0.25, 0.3) is 0 Å². The molecule has 0 saturated carbocycles. The lowest BCUT2D eigenvalue weighted by molar-refractivity contribution is 0.0519. The number of hydrogen-bond donors (Lipinski definition) is 2.